The van der Waals surface area contributed by atoms with Gasteiger partial charge in [0, 0.05) is 50.9 Å². The van der Waals surface area contributed by atoms with Crippen LogP contribution in [0.15, 0.2) is 12.1 Å². The molecule has 2 aliphatic rings. The van der Waals surface area contributed by atoms with Crippen molar-refractivity contribution in [3.63, 3.8) is 0 Å². The summed E-state index contributed by atoms with van der Waals surface area (Å²) in [7, 11) is 3.50. The van der Waals surface area contributed by atoms with E-state index >= 15 is 4.39 Å². The van der Waals surface area contributed by atoms with E-state index in [2.05, 4.69) is 10.6 Å². The highest BCUT2D eigenvalue weighted by molar-refractivity contribution is 6.31. The molecule has 0 bridgehead atoms. The van der Waals surface area contributed by atoms with Gasteiger partial charge in [-0.15, -0.1) is 0 Å². The van der Waals surface area contributed by atoms with Gasteiger partial charge in [-0.3, -0.25) is 0 Å². The molecule has 6 nitrogen and oxygen atoms in total. The van der Waals surface area contributed by atoms with Crippen molar-refractivity contribution in [3.8, 4) is 0 Å². The van der Waals surface area contributed by atoms with Crippen LogP contribution in [0.5, 0.6) is 0 Å². The molecule has 1 aromatic carbocycles. The molecule has 0 aromatic heterocycles. The van der Waals surface area contributed by atoms with Crippen molar-refractivity contribution in [2.75, 3.05) is 40.4 Å². The number of carbonyl (C=O) groups is 1. The first-order chi connectivity index (χ1) is 17.8. The van der Waals surface area contributed by atoms with Crippen molar-refractivity contribution in [2.45, 2.75) is 82.3 Å². The van der Waals surface area contributed by atoms with E-state index in [4.69, 9.17) is 16.3 Å². The molecule has 1 heterocycles. The van der Waals surface area contributed by atoms with Crippen molar-refractivity contribution in [1.29, 1.82) is 0 Å². The Kier molecular flexibility index (Phi) is 11.9. The first-order valence-electron chi connectivity index (χ1n) is 13.9. The lowest BCUT2D eigenvalue weighted by atomic mass is 9.74. The van der Waals surface area contributed by atoms with Crippen LogP contribution in [-0.4, -0.2) is 62.5 Å². The van der Waals surface area contributed by atoms with Gasteiger partial charge in [0.2, 0.25) is 0 Å². The number of ether oxygens (including phenoxy) is 1. The number of rotatable bonds is 12. The molecule has 1 aromatic rings. The lowest BCUT2D eigenvalue weighted by molar-refractivity contribution is -0.0588. The van der Waals surface area contributed by atoms with Crippen molar-refractivity contribution in [3.05, 3.63) is 34.4 Å². The molecule has 0 unspecified atom stereocenters. The number of hydrogen-bond acceptors (Lipinski definition) is 4. The van der Waals surface area contributed by atoms with Crippen LogP contribution in [-0.2, 0) is 10.3 Å². The number of nitrogens with one attached hydrogen (secondary N) is 2. The van der Waals surface area contributed by atoms with Gasteiger partial charge < -0.3 is 25.4 Å². The largest absolute Gasteiger partial charge is 0.385 e. The maximum Gasteiger partial charge on any atom is 0.317 e. The lowest BCUT2D eigenvalue weighted by Crippen LogP contribution is -2.54. The number of methoxy groups -OCH3 is 1. The molecule has 1 saturated carbocycles. The highest BCUT2D eigenvalue weighted by Crippen LogP contribution is 2.42. The number of amides is 2. The molecule has 2 amide bonds. The molecule has 2 fully saturated rings. The number of likely N-dealkylation sites (tertiary alicyclic amines) is 1. The molecule has 1 aliphatic heterocycles. The lowest BCUT2D eigenvalue weighted by Gasteiger charge is -2.43. The van der Waals surface area contributed by atoms with E-state index in [0.717, 1.165) is 12.5 Å². The van der Waals surface area contributed by atoms with Crippen molar-refractivity contribution in [1.82, 2.24) is 15.5 Å². The fraction of sp³-hybridized carbons (Fsp3) is 0.750. The maximum atomic E-state index is 15.2. The summed E-state index contributed by atoms with van der Waals surface area (Å²) in [5.74, 6) is -1.57. The van der Waals surface area contributed by atoms with Gasteiger partial charge in [-0.1, -0.05) is 49.8 Å². The Morgan fingerprint density at radius 2 is 1.97 bits per heavy atom. The molecule has 3 rings (SSSR count). The van der Waals surface area contributed by atoms with Gasteiger partial charge in [-0.2, -0.15) is 0 Å². The van der Waals surface area contributed by atoms with Crippen LogP contribution < -0.4 is 10.6 Å². The number of unbranched alkanes of at least 4 members (excludes halogenated alkanes) is 1. The van der Waals surface area contributed by atoms with Crippen LogP contribution in [0.25, 0.3) is 0 Å². The number of urea groups is 1. The van der Waals surface area contributed by atoms with Crippen LogP contribution in [0.2, 0.25) is 5.02 Å². The van der Waals surface area contributed by atoms with Crippen LogP contribution >= 0.6 is 11.6 Å². The molecule has 0 radical (unpaired) electrons. The van der Waals surface area contributed by atoms with Crippen molar-refractivity contribution in [2.24, 2.45) is 11.8 Å². The van der Waals surface area contributed by atoms with Gasteiger partial charge in [-0.25, -0.2) is 13.6 Å². The van der Waals surface area contributed by atoms with Gasteiger partial charge in [0.15, 0.2) is 5.82 Å². The van der Waals surface area contributed by atoms with E-state index in [0.29, 0.717) is 51.3 Å². The second kappa shape index (κ2) is 14.6. The minimum absolute atomic E-state index is 0.00562. The predicted molar refractivity (Wildman–Crippen MR) is 143 cm³/mol. The van der Waals surface area contributed by atoms with Gasteiger partial charge in [0.1, 0.15) is 10.8 Å². The Balaban J connectivity index is 1.74. The third-order valence-electron chi connectivity index (χ3n) is 8.16. The predicted octanol–water partition coefficient (Wildman–Crippen LogP) is 5.60. The number of halogens is 3. The quantitative estimate of drug-likeness (QED) is 0.237. The van der Waals surface area contributed by atoms with Crippen LogP contribution in [0.3, 0.4) is 0 Å². The molecular weight excluding hydrogens is 500 g/mol. The molecule has 1 aliphatic carbocycles. The standard InChI is InChI=1S/C28H44ClF2N3O3/c1-32-18-22(17-20-9-4-3-5-10-20)33-27(35)34-15-8-11-21(19-34)28(36,14-6-7-16-37-2)23-12-13-24(30)25(29)26(23)31/h12-13,20-22,32,36H,3-11,14-19H2,1-2H3,(H,33,35)/t21-,22+,28-/m1/s1. The number of piperidine rings is 1. The zero-order chi connectivity index (χ0) is 26.8. The van der Waals surface area contributed by atoms with E-state index < -0.39 is 28.2 Å². The fourth-order valence-electron chi connectivity index (χ4n) is 6.14. The van der Waals surface area contributed by atoms with Gasteiger partial charge >= 0.3 is 6.03 Å². The summed E-state index contributed by atoms with van der Waals surface area (Å²) < 4.78 is 34.2. The summed E-state index contributed by atoms with van der Waals surface area (Å²) in [6, 6.07) is 2.27. The van der Waals surface area contributed by atoms with Gasteiger partial charge in [0.05, 0.1) is 5.60 Å². The number of hydrogen-bond donors (Lipinski definition) is 3. The Morgan fingerprint density at radius 3 is 2.68 bits per heavy atom. The van der Waals surface area contributed by atoms with E-state index in [1.54, 1.807) is 12.0 Å². The first-order valence-corrected chi connectivity index (χ1v) is 14.2. The zero-order valence-electron chi connectivity index (χ0n) is 22.3. The van der Waals surface area contributed by atoms with Crippen LogP contribution in [0.4, 0.5) is 13.6 Å². The molecule has 37 heavy (non-hydrogen) atoms. The minimum atomic E-state index is -1.58. The molecule has 1 saturated heterocycles. The monoisotopic (exact) mass is 543 g/mol. The third-order valence-corrected chi connectivity index (χ3v) is 8.51. The number of likely N-dealkylation sites (N-methyl/N-ethyl adjacent to an activating group) is 1. The Bertz CT molecular complexity index is 871. The average Bonchev–Trinajstić information content (AvgIpc) is 2.90. The molecule has 9 heteroatoms. The number of carbonyl (C=O) groups excluding carboxylic acids is 1. The van der Waals surface area contributed by atoms with Crippen LogP contribution in [0, 0.1) is 23.5 Å². The summed E-state index contributed by atoms with van der Waals surface area (Å²) in [5, 5.41) is 17.8. The van der Waals surface area contributed by atoms with Gasteiger partial charge in [0.25, 0.3) is 0 Å². The topological polar surface area (TPSA) is 73.8 Å². The van der Waals surface area contributed by atoms with Crippen molar-refractivity contribution >= 4 is 17.6 Å². The summed E-state index contributed by atoms with van der Waals surface area (Å²) in [6.45, 7) is 2.08. The molecule has 210 valence electrons. The number of aliphatic hydroxyl groups is 1. The molecule has 0 spiro atoms. The Hall–Kier alpha value is -1.48. The second-order valence-electron chi connectivity index (χ2n) is 10.8. The fourth-order valence-corrected chi connectivity index (χ4v) is 6.31. The SMILES string of the molecule is CNC[C@H](CC1CCCCC1)NC(=O)N1CCC[C@@H]([C@](O)(CCCCOC)c2ccc(F)c(Cl)c2F)C1. The first kappa shape index (κ1) is 30.1. The van der Waals surface area contributed by atoms with Crippen LogP contribution in [0.1, 0.15) is 76.2 Å². The normalized spacial score (nSPS) is 21.5. The van der Waals surface area contributed by atoms with E-state index in [-0.39, 0.29) is 30.6 Å². The number of nitrogens with zero attached hydrogens (tertiary/aromatic N) is 1. The van der Waals surface area contributed by atoms with E-state index in [1.165, 1.54) is 38.2 Å². The van der Waals surface area contributed by atoms with Crippen molar-refractivity contribution < 1.29 is 23.4 Å². The Labute approximate surface area is 225 Å². The third kappa shape index (κ3) is 8.01. The van der Waals surface area contributed by atoms with E-state index in [1.807, 2.05) is 7.05 Å². The summed E-state index contributed by atoms with van der Waals surface area (Å²) >= 11 is 5.90. The summed E-state index contributed by atoms with van der Waals surface area (Å²) in [4.78, 5) is 15.1. The smallest absolute Gasteiger partial charge is 0.317 e. The van der Waals surface area contributed by atoms with Gasteiger partial charge in [-0.05, 0) is 57.6 Å². The minimum Gasteiger partial charge on any atom is -0.385 e. The Morgan fingerprint density at radius 1 is 1.22 bits per heavy atom. The summed E-state index contributed by atoms with van der Waals surface area (Å²) in [5.41, 5.74) is -1.59. The molecule has 3 N–H and O–H groups in total. The highest BCUT2D eigenvalue weighted by Gasteiger charge is 2.43. The molecule has 3 atom stereocenters. The van der Waals surface area contributed by atoms with E-state index in [9.17, 15) is 14.3 Å². The highest BCUT2D eigenvalue weighted by atomic mass is 35.5. The second-order valence-corrected chi connectivity index (χ2v) is 11.2. The number of benzene rings is 1. The average molecular weight is 544 g/mol. The summed E-state index contributed by atoms with van der Waals surface area (Å²) in [6.07, 6.45) is 10.0. The zero-order valence-corrected chi connectivity index (χ0v) is 23.1. The molecular formula is C28H44ClF2N3O3. The maximum absolute atomic E-state index is 15.2.